The van der Waals surface area contributed by atoms with Crippen molar-refractivity contribution in [2.45, 2.75) is 50.7 Å². The summed E-state index contributed by atoms with van der Waals surface area (Å²) in [5, 5.41) is 14.1. The molecule has 5 rings (SSSR count). The number of nitrogens with one attached hydrogen (secondary N) is 1. The molecule has 1 amide bonds. The van der Waals surface area contributed by atoms with Crippen LogP contribution in [0.1, 0.15) is 70.3 Å². The minimum atomic E-state index is -0.395. The lowest BCUT2D eigenvalue weighted by molar-refractivity contribution is 0.0772. The molecule has 0 bridgehead atoms. The Bertz CT molecular complexity index is 1110. The number of piperidine rings is 1. The van der Waals surface area contributed by atoms with Gasteiger partial charge in [0, 0.05) is 12.1 Å². The average molecular weight is 469 g/mol. The van der Waals surface area contributed by atoms with Gasteiger partial charge < -0.3 is 15.3 Å². The number of rotatable bonds is 7. The van der Waals surface area contributed by atoms with Gasteiger partial charge in [-0.1, -0.05) is 66.7 Å². The molecule has 1 saturated heterocycles. The van der Waals surface area contributed by atoms with Crippen LogP contribution in [-0.4, -0.2) is 35.5 Å². The van der Waals surface area contributed by atoms with E-state index in [2.05, 4.69) is 52.7 Å². The highest BCUT2D eigenvalue weighted by atomic mass is 16.3. The maximum absolute atomic E-state index is 12.3. The molecule has 0 saturated carbocycles. The van der Waals surface area contributed by atoms with Crippen molar-refractivity contribution in [3.8, 4) is 0 Å². The van der Waals surface area contributed by atoms with Crippen molar-refractivity contribution in [3.63, 3.8) is 0 Å². The van der Waals surface area contributed by atoms with Gasteiger partial charge in [0.1, 0.15) is 0 Å². The van der Waals surface area contributed by atoms with Crippen molar-refractivity contribution >= 4 is 5.91 Å². The lowest BCUT2D eigenvalue weighted by Crippen LogP contribution is -2.35. The van der Waals surface area contributed by atoms with E-state index in [4.69, 9.17) is 0 Å². The summed E-state index contributed by atoms with van der Waals surface area (Å²) in [5.41, 5.74) is 5.53. The molecule has 2 unspecified atom stereocenters. The Hall–Kier alpha value is -2.95. The van der Waals surface area contributed by atoms with Gasteiger partial charge in [0.25, 0.3) is 5.91 Å². The van der Waals surface area contributed by atoms with E-state index in [9.17, 15) is 9.90 Å². The van der Waals surface area contributed by atoms with Crippen LogP contribution in [0.4, 0.5) is 0 Å². The van der Waals surface area contributed by atoms with Crippen molar-refractivity contribution in [2.75, 3.05) is 19.6 Å². The van der Waals surface area contributed by atoms with Gasteiger partial charge in [-0.3, -0.25) is 4.79 Å². The van der Waals surface area contributed by atoms with E-state index in [1.807, 2.05) is 36.4 Å². The number of carbonyl (C=O) groups is 1. The summed E-state index contributed by atoms with van der Waals surface area (Å²) in [7, 11) is 0. The van der Waals surface area contributed by atoms with Crippen molar-refractivity contribution in [3.05, 3.63) is 107 Å². The molecular weight excluding hydrogens is 432 g/mol. The molecule has 0 radical (unpaired) electrons. The van der Waals surface area contributed by atoms with Gasteiger partial charge in [0.05, 0.1) is 6.10 Å². The second kappa shape index (κ2) is 11.2. The number of benzene rings is 3. The average Bonchev–Trinajstić information content (AvgIpc) is 2.92. The first-order valence-electron chi connectivity index (χ1n) is 13.1. The molecule has 1 fully saturated rings. The molecule has 3 aromatic rings. The first kappa shape index (κ1) is 23.8. The topological polar surface area (TPSA) is 52.6 Å². The van der Waals surface area contributed by atoms with E-state index >= 15 is 0 Å². The molecule has 1 aliphatic carbocycles. The van der Waals surface area contributed by atoms with Crippen molar-refractivity contribution < 1.29 is 9.90 Å². The molecule has 4 heteroatoms. The highest BCUT2D eigenvalue weighted by molar-refractivity contribution is 5.94. The van der Waals surface area contributed by atoms with E-state index in [1.54, 1.807) is 0 Å². The van der Waals surface area contributed by atoms with Crippen LogP contribution in [0.25, 0.3) is 0 Å². The number of fused-ring (bicyclic) bond motifs is 1. The fourth-order valence-electron chi connectivity index (χ4n) is 5.77. The third-order valence-corrected chi connectivity index (χ3v) is 7.92. The highest BCUT2D eigenvalue weighted by Crippen LogP contribution is 2.37. The monoisotopic (exact) mass is 468 g/mol. The third kappa shape index (κ3) is 5.83. The minimum absolute atomic E-state index is 0.0591. The Labute approximate surface area is 209 Å². The Morgan fingerprint density at radius 3 is 2.37 bits per heavy atom. The number of aryl methyl sites for hydroxylation is 1. The second-order valence-electron chi connectivity index (χ2n) is 10.1. The number of aliphatic hydroxyl groups is 1. The first-order valence-corrected chi connectivity index (χ1v) is 13.1. The van der Waals surface area contributed by atoms with E-state index in [0.29, 0.717) is 23.9 Å². The molecule has 2 atom stereocenters. The molecule has 4 nitrogen and oxygen atoms in total. The van der Waals surface area contributed by atoms with Gasteiger partial charge in [-0.25, -0.2) is 0 Å². The van der Waals surface area contributed by atoms with Crippen molar-refractivity contribution in [1.82, 2.24) is 10.2 Å². The molecule has 1 heterocycles. The number of carbonyl (C=O) groups excluding carboxylic acids is 1. The number of hydrogen-bond acceptors (Lipinski definition) is 3. The maximum atomic E-state index is 12.3. The molecule has 35 heavy (non-hydrogen) atoms. The maximum Gasteiger partial charge on any atom is 0.251 e. The third-order valence-electron chi connectivity index (χ3n) is 7.92. The highest BCUT2D eigenvalue weighted by Gasteiger charge is 2.29. The number of likely N-dealkylation sites (tertiary alicyclic amines) is 1. The Morgan fingerprint density at radius 2 is 1.63 bits per heavy atom. The summed E-state index contributed by atoms with van der Waals surface area (Å²) in [6.45, 7) is 3.87. The predicted molar refractivity (Wildman–Crippen MR) is 140 cm³/mol. The van der Waals surface area contributed by atoms with E-state index in [-0.39, 0.29) is 5.91 Å². The summed E-state index contributed by atoms with van der Waals surface area (Å²) in [4.78, 5) is 14.9. The normalized spacial score (nSPS) is 20.8. The van der Waals surface area contributed by atoms with E-state index in [1.165, 1.54) is 24.0 Å². The van der Waals surface area contributed by atoms with E-state index in [0.717, 1.165) is 50.0 Å². The van der Waals surface area contributed by atoms with Gasteiger partial charge in [-0.05, 0) is 98.0 Å². The van der Waals surface area contributed by atoms with Crippen LogP contribution < -0.4 is 5.32 Å². The second-order valence-corrected chi connectivity index (χ2v) is 10.1. The van der Waals surface area contributed by atoms with Gasteiger partial charge in [-0.2, -0.15) is 0 Å². The summed E-state index contributed by atoms with van der Waals surface area (Å²) in [6.07, 6.45) is 5.12. The summed E-state index contributed by atoms with van der Waals surface area (Å²) in [5.74, 6) is 0.945. The molecule has 1 aliphatic heterocycles. The van der Waals surface area contributed by atoms with E-state index < -0.39 is 6.10 Å². The van der Waals surface area contributed by atoms with Gasteiger partial charge >= 0.3 is 0 Å². The molecule has 0 spiro atoms. The summed E-state index contributed by atoms with van der Waals surface area (Å²) in [6, 6.07) is 26.5. The minimum Gasteiger partial charge on any atom is -0.388 e. The Balaban J connectivity index is 1.10. The number of aliphatic hydroxyl groups excluding tert-OH is 1. The standard InChI is InChI=1S/C31H36N2O2/c34-30-26(17-20-33-18-15-25(16-19-33)24-7-3-1-4-8-24)12-13-28-21-23(11-14-29(28)30)22-32-31(35)27-9-5-2-6-10-27/h1-11,14,21,25-26,30,34H,12-13,15-20,22H2,(H,32,35). The number of hydrogen-bond donors (Lipinski definition) is 2. The molecule has 2 aliphatic rings. The molecule has 182 valence electrons. The largest absolute Gasteiger partial charge is 0.388 e. The van der Waals surface area contributed by atoms with Crippen molar-refractivity contribution in [2.24, 2.45) is 5.92 Å². The number of nitrogens with zero attached hydrogens (tertiary/aromatic N) is 1. The van der Waals surface area contributed by atoms with Crippen LogP contribution in [0.5, 0.6) is 0 Å². The zero-order valence-corrected chi connectivity index (χ0v) is 20.4. The molecule has 3 aromatic carbocycles. The first-order chi connectivity index (χ1) is 17.2. The van der Waals surface area contributed by atoms with Crippen molar-refractivity contribution in [1.29, 1.82) is 0 Å². The zero-order valence-electron chi connectivity index (χ0n) is 20.4. The Morgan fingerprint density at radius 1 is 0.914 bits per heavy atom. The van der Waals surface area contributed by atoms with Crippen LogP contribution in [0, 0.1) is 5.92 Å². The quantitative estimate of drug-likeness (QED) is 0.483. The predicted octanol–water partition coefficient (Wildman–Crippen LogP) is 5.48. The van der Waals surface area contributed by atoms with Crippen LogP contribution in [0.3, 0.4) is 0 Å². The smallest absolute Gasteiger partial charge is 0.251 e. The van der Waals surface area contributed by atoms with Gasteiger partial charge in [0.15, 0.2) is 0 Å². The Kier molecular flexibility index (Phi) is 7.60. The lowest BCUT2D eigenvalue weighted by Gasteiger charge is -2.35. The SMILES string of the molecule is O=C(NCc1ccc2c(c1)CCC(CCN1CCC(c3ccccc3)CC1)C2O)c1ccccc1. The van der Waals surface area contributed by atoms with Crippen LogP contribution in [-0.2, 0) is 13.0 Å². The van der Waals surface area contributed by atoms with Crippen LogP contribution in [0.15, 0.2) is 78.9 Å². The summed E-state index contributed by atoms with van der Waals surface area (Å²) >= 11 is 0. The lowest BCUT2D eigenvalue weighted by atomic mass is 9.79. The fourth-order valence-corrected chi connectivity index (χ4v) is 5.77. The molecule has 0 aromatic heterocycles. The molecular formula is C31H36N2O2. The van der Waals surface area contributed by atoms with Gasteiger partial charge in [0.2, 0.25) is 0 Å². The van der Waals surface area contributed by atoms with Gasteiger partial charge in [-0.15, -0.1) is 0 Å². The molecule has 2 N–H and O–H groups in total. The number of amides is 1. The fraction of sp³-hybridized carbons (Fsp3) is 0.387. The zero-order chi connectivity index (χ0) is 24.0. The summed E-state index contributed by atoms with van der Waals surface area (Å²) < 4.78 is 0. The van der Waals surface area contributed by atoms with Crippen LogP contribution >= 0.6 is 0 Å². The van der Waals surface area contributed by atoms with Crippen LogP contribution in [0.2, 0.25) is 0 Å².